The molecule has 2 nitrogen and oxygen atoms in total. The first kappa shape index (κ1) is 16.0. The van der Waals surface area contributed by atoms with Crippen LogP contribution in [0.3, 0.4) is 0 Å². The molecular weight excluding hydrogens is 264 g/mol. The molecule has 0 spiro atoms. The van der Waals surface area contributed by atoms with Crippen LogP contribution in [-0.4, -0.2) is 11.5 Å². The van der Waals surface area contributed by atoms with E-state index in [2.05, 4.69) is 26.1 Å². The Hall–Kier alpha value is -0.410. The largest absolute Gasteiger partial charge is 0.312 e. The minimum Gasteiger partial charge on any atom is -0.312 e. The maximum atomic E-state index is 5.05. The fraction of sp³-hybridized carbons (Fsp3) is 0.824. The smallest absolute Gasteiger partial charge is 0.0962 e. The van der Waals surface area contributed by atoms with Crippen molar-refractivity contribution in [2.45, 2.75) is 78.2 Å². The monoisotopic (exact) mass is 294 g/mol. The Kier molecular flexibility index (Phi) is 6.50. The standard InChI is InChI=1S/C17H30N2S/c1-4-18-12-16-15(11-13(2)3)19-17(20-16)14-9-7-5-6-8-10-14/h13-14,18H,4-12H2,1-3H3. The molecule has 0 unspecified atom stereocenters. The lowest BCUT2D eigenvalue weighted by molar-refractivity contribution is 0.581. The lowest BCUT2D eigenvalue weighted by Gasteiger charge is -2.09. The molecule has 0 atom stereocenters. The van der Waals surface area contributed by atoms with E-state index in [1.54, 1.807) is 0 Å². The van der Waals surface area contributed by atoms with E-state index in [1.165, 1.54) is 54.1 Å². The zero-order valence-corrected chi connectivity index (χ0v) is 14.2. The fourth-order valence-corrected chi connectivity index (χ4v) is 4.26. The van der Waals surface area contributed by atoms with E-state index in [1.807, 2.05) is 11.3 Å². The highest BCUT2D eigenvalue weighted by molar-refractivity contribution is 7.11. The summed E-state index contributed by atoms with van der Waals surface area (Å²) in [6.07, 6.45) is 9.48. The summed E-state index contributed by atoms with van der Waals surface area (Å²) in [5, 5.41) is 4.90. The van der Waals surface area contributed by atoms with Gasteiger partial charge in [-0.3, -0.25) is 0 Å². The first-order valence-corrected chi connectivity index (χ1v) is 9.21. The summed E-state index contributed by atoms with van der Waals surface area (Å²) in [6, 6.07) is 0. The van der Waals surface area contributed by atoms with Crippen molar-refractivity contribution in [2.24, 2.45) is 5.92 Å². The molecule has 0 bridgehead atoms. The Balaban J connectivity index is 2.13. The predicted molar refractivity (Wildman–Crippen MR) is 88.5 cm³/mol. The van der Waals surface area contributed by atoms with Gasteiger partial charge in [0.1, 0.15) is 0 Å². The average Bonchev–Trinajstić information content (AvgIpc) is 2.64. The minimum absolute atomic E-state index is 0.694. The lowest BCUT2D eigenvalue weighted by Crippen LogP contribution is -2.12. The third-order valence-electron chi connectivity index (χ3n) is 4.14. The van der Waals surface area contributed by atoms with Crippen LogP contribution in [0.1, 0.15) is 80.8 Å². The van der Waals surface area contributed by atoms with Gasteiger partial charge in [0, 0.05) is 17.3 Å². The summed E-state index contributed by atoms with van der Waals surface area (Å²) in [5.41, 5.74) is 1.37. The van der Waals surface area contributed by atoms with Crippen molar-refractivity contribution >= 4 is 11.3 Å². The second-order valence-corrected chi connectivity index (χ2v) is 7.60. The molecular formula is C17H30N2S. The van der Waals surface area contributed by atoms with Crippen LogP contribution < -0.4 is 5.32 Å². The highest BCUT2D eigenvalue weighted by Gasteiger charge is 2.20. The summed E-state index contributed by atoms with van der Waals surface area (Å²) >= 11 is 1.98. The maximum Gasteiger partial charge on any atom is 0.0962 e. The zero-order chi connectivity index (χ0) is 14.4. The molecule has 0 amide bonds. The molecule has 1 N–H and O–H groups in total. The van der Waals surface area contributed by atoms with Gasteiger partial charge in [0.25, 0.3) is 0 Å². The second kappa shape index (κ2) is 8.14. The van der Waals surface area contributed by atoms with Gasteiger partial charge in [0.05, 0.1) is 10.7 Å². The third-order valence-corrected chi connectivity index (χ3v) is 5.40. The van der Waals surface area contributed by atoms with E-state index in [0.717, 1.165) is 25.4 Å². The molecule has 0 aliphatic heterocycles. The molecule has 0 saturated heterocycles. The fourth-order valence-electron chi connectivity index (χ4n) is 3.03. The van der Waals surface area contributed by atoms with Gasteiger partial charge >= 0.3 is 0 Å². The second-order valence-electron chi connectivity index (χ2n) is 6.49. The zero-order valence-electron chi connectivity index (χ0n) is 13.4. The van der Waals surface area contributed by atoms with Crippen molar-refractivity contribution in [3.63, 3.8) is 0 Å². The third kappa shape index (κ3) is 4.56. The molecule has 20 heavy (non-hydrogen) atoms. The van der Waals surface area contributed by atoms with Crippen molar-refractivity contribution in [2.75, 3.05) is 6.54 Å². The molecule has 2 rings (SSSR count). The summed E-state index contributed by atoms with van der Waals surface area (Å²) in [5.74, 6) is 1.43. The normalized spacial score (nSPS) is 17.6. The molecule has 3 heteroatoms. The molecule has 114 valence electrons. The Bertz CT molecular complexity index is 390. The van der Waals surface area contributed by atoms with Crippen molar-refractivity contribution in [1.29, 1.82) is 0 Å². The Labute approximate surface area is 128 Å². The van der Waals surface area contributed by atoms with Gasteiger partial charge in [-0.25, -0.2) is 4.98 Å². The molecule has 1 fully saturated rings. The quantitative estimate of drug-likeness (QED) is 0.756. The van der Waals surface area contributed by atoms with Crippen molar-refractivity contribution in [3.05, 3.63) is 15.6 Å². The van der Waals surface area contributed by atoms with E-state index >= 15 is 0 Å². The molecule has 1 aromatic heterocycles. The molecule has 1 aromatic rings. The molecule has 0 radical (unpaired) electrons. The van der Waals surface area contributed by atoms with Crippen LogP contribution in [0.25, 0.3) is 0 Å². The van der Waals surface area contributed by atoms with Crippen LogP contribution in [0.4, 0.5) is 0 Å². The molecule has 1 aliphatic rings. The van der Waals surface area contributed by atoms with Crippen molar-refractivity contribution < 1.29 is 0 Å². The number of rotatable bonds is 6. The summed E-state index contributed by atoms with van der Waals surface area (Å²) in [7, 11) is 0. The van der Waals surface area contributed by atoms with Gasteiger partial charge in [0.2, 0.25) is 0 Å². The van der Waals surface area contributed by atoms with Crippen molar-refractivity contribution in [1.82, 2.24) is 10.3 Å². The highest BCUT2D eigenvalue weighted by Crippen LogP contribution is 2.35. The van der Waals surface area contributed by atoms with Gasteiger partial charge in [-0.15, -0.1) is 11.3 Å². The first-order valence-electron chi connectivity index (χ1n) is 8.39. The number of hydrogen-bond acceptors (Lipinski definition) is 3. The van der Waals surface area contributed by atoms with Crippen LogP contribution in [-0.2, 0) is 13.0 Å². The Morgan fingerprint density at radius 3 is 2.50 bits per heavy atom. The molecule has 1 saturated carbocycles. The maximum absolute atomic E-state index is 5.05. The van der Waals surface area contributed by atoms with Gasteiger partial charge in [0.15, 0.2) is 0 Å². The van der Waals surface area contributed by atoms with Crippen LogP contribution in [0, 0.1) is 5.92 Å². The Morgan fingerprint density at radius 2 is 1.90 bits per heavy atom. The van der Waals surface area contributed by atoms with E-state index in [4.69, 9.17) is 4.98 Å². The van der Waals surface area contributed by atoms with Gasteiger partial charge in [-0.1, -0.05) is 46.5 Å². The van der Waals surface area contributed by atoms with Crippen LogP contribution in [0.5, 0.6) is 0 Å². The first-order chi connectivity index (χ1) is 9.70. The summed E-state index contributed by atoms with van der Waals surface area (Å²) < 4.78 is 0. The highest BCUT2D eigenvalue weighted by atomic mass is 32.1. The van der Waals surface area contributed by atoms with E-state index < -0.39 is 0 Å². The van der Waals surface area contributed by atoms with Crippen LogP contribution in [0.15, 0.2) is 0 Å². The van der Waals surface area contributed by atoms with Gasteiger partial charge < -0.3 is 5.32 Å². The predicted octanol–water partition coefficient (Wildman–Crippen LogP) is 4.89. The van der Waals surface area contributed by atoms with Crippen molar-refractivity contribution in [3.8, 4) is 0 Å². The number of nitrogens with zero attached hydrogens (tertiary/aromatic N) is 1. The van der Waals surface area contributed by atoms with E-state index in [-0.39, 0.29) is 0 Å². The molecule has 0 aromatic carbocycles. The summed E-state index contributed by atoms with van der Waals surface area (Å²) in [4.78, 5) is 6.53. The van der Waals surface area contributed by atoms with E-state index in [0.29, 0.717) is 5.92 Å². The van der Waals surface area contributed by atoms with Crippen LogP contribution >= 0.6 is 11.3 Å². The Morgan fingerprint density at radius 1 is 1.20 bits per heavy atom. The summed E-state index contributed by atoms with van der Waals surface area (Å²) in [6.45, 7) is 8.81. The van der Waals surface area contributed by atoms with E-state index in [9.17, 15) is 0 Å². The topological polar surface area (TPSA) is 24.9 Å². The van der Waals surface area contributed by atoms with Crippen LogP contribution in [0.2, 0.25) is 0 Å². The number of nitrogens with one attached hydrogen (secondary N) is 1. The van der Waals surface area contributed by atoms with Gasteiger partial charge in [-0.05, 0) is 31.7 Å². The van der Waals surface area contributed by atoms with Gasteiger partial charge in [-0.2, -0.15) is 0 Å². The lowest BCUT2D eigenvalue weighted by atomic mass is 10.0. The minimum atomic E-state index is 0.694. The number of aromatic nitrogens is 1. The molecule has 1 heterocycles. The SMILES string of the molecule is CCNCc1sc(C2CCCCCC2)nc1CC(C)C. The number of thiazole rings is 1. The average molecular weight is 295 g/mol. The number of hydrogen-bond donors (Lipinski definition) is 1. The molecule has 1 aliphatic carbocycles.